The smallest absolute Gasteiger partial charge is 0.433 e. The first kappa shape index (κ1) is 17.1. The molecule has 0 N–H and O–H groups in total. The highest BCUT2D eigenvalue weighted by molar-refractivity contribution is 5.88. The molecular weight excluding hydrogens is 342 g/mol. The van der Waals surface area contributed by atoms with E-state index in [1.165, 1.54) is 28.9 Å². The maximum atomic E-state index is 12.3. The van der Waals surface area contributed by atoms with Crippen LogP contribution in [-0.4, -0.2) is 26.9 Å². The van der Waals surface area contributed by atoms with E-state index in [4.69, 9.17) is 9.15 Å². The third kappa shape index (κ3) is 3.36. The summed E-state index contributed by atoms with van der Waals surface area (Å²) in [6.07, 6.45) is 5.88. The van der Waals surface area contributed by atoms with Crippen molar-refractivity contribution in [2.75, 3.05) is 6.61 Å². The first-order valence-electron chi connectivity index (χ1n) is 7.60. The van der Waals surface area contributed by atoms with E-state index in [1.54, 1.807) is 31.2 Å². The number of aromatic nitrogens is 2. The van der Waals surface area contributed by atoms with Crippen molar-refractivity contribution in [1.29, 1.82) is 0 Å². The number of pyridine rings is 1. The molecule has 0 spiro atoms. The number of hydrogen-bond acceptors (Lipinski definition) is 7. The number of esters is 1. The van der Waals surface area contributed by atoms with Crippen molar-refractivity contribution in [3.05, 3.63) is 74.0 Å². The van der Waals surface area contributed by atoms with E-state index in [0.717, 1.165) is 0 Å². The standard InChI is InChI=1S/C17H13N3O6/c1-2-25-17(22)13-10-18-14-9-11(7-8-19(14)16(13)21)3-4-12-5-6-15(26-12)20(23)24/h3-10H,2H2,1H3/b4-3+. The maximum Gasteiger partial charge on any atom is 0.433 e. The van der Waals surface area contributed by atoms with Gasteiger partial charge in [-0.25, -0.2) is 9.78 Å². The number of fused-ring (bicyclic) bond motifs is 1. The Labute approximate surface area is 146 Å². The minimum atomic E-state index is -0.720. The second-order valence-corrected chi connectivity index (χ2v) is 5.15. The molecule has 9 nitrogen and oxygen atoms in total. The summed E-state index contributed by atoms with van der Waals surface area (Å²) in [5, 5.41) is 10.6. The van der Waals surface area contributed by atoms with Crippen LogP contribution in [0.25, 0.3) is 17.8 Å². The molecule has 0 saturated heterocycles. The molecule has 0 aliphatic heterocycles. The van der Waals surface area contributed by atoms with E-state index in [2.05, 4.69) is 4.98 Å². The number of furan rings is 1. The van der Waals surface area contributed by atoms with Crippen LogP contribution in [-0.2, 0) is 4.74 Å². The monoisotopic (exact) mass is 355 g/mol. The van der Waals surface area contributed by atoms with Gasteiger partial charge < -0.3 is 9.15 Å². The van der Waals surface area contributed by atoms with E-state index >= 15 is 0 Å². The van der Waals surface area contributed by atoms with Gasteiger partial charge in [0.2, 0.25) is 0 Å². The molecule has 0 radical (unpaired) electrons. The lowest BCUT2D eigenvalue weighted by atomic mass is 10.2. The molecular formula is C17H13N3O6. The summed E-state index contributed by atoms with van der Waals surface area (Å²) in [5.41, 5.74) is 0.372. The van der Waals surface area contributed by atoms with Crippen LogP contribution in [0.15, 0.2) is 45.9 Å². The first-order valence-corrected chi connectivity index (χ1v) is 7.60. The van der Waals surface area contributed by atoms with Crippen LogP contribution < -0.4 is 5.56 Å². The molecule has 0 unspecified atom stereocenters. The van der Waals surface area contributed by atoms with Crippen LogP contribution in [0.4, 0.5) is 5.88 Å². The Bertz CT molecular complexity index is 1080. The number of nitro groups is 1. The van der Waals surface area contributed by atoms with Gasteiger partial charge in [-0.05, 0) is 36.8 Å². The van der Waals surface area contributed by atoms with Crippen molar-refractivity contribution in [1.82, 2.24) is 9.38 Å². The van der Waals surface area contributed by atoms with Crippen molar-refractivity contribution in [3.8, 4) is 0 Å². The molecule has 3 heterocycles. The van der Waals surface area contributed by atoms with Gasteiger partial charge in [0.05, 0.1) is 12.7 Å². The lowest BCUT2D eigenvalue weighted by Gasteiger charge is -2.04. The van der Waals surface area contributed by atoms with Gasteiger partial charge in [-0.2, -0.15) is 0 Å². The molecule has 3 rings (SSSR count). The maximum absolute atomic E-state index is 12.3. The van der Waals surface area contributed by atoms with Gasteiger partial charge in [0.1, 0.15) is 21.9 Å². The Kier molecular flexibility index (Phi) is 4.61. The summed E-state index contributed by atoms with van der Waals surface area (Å²) in [5.74, 6) is -0.745. The Morgan fingerprint density at radius 1 is 1.38 bits per heavy atom. The number of ether oxygens (including phenoxy) is 1. The third-order valence-corrected chi connectivity index (χ3v) is 3.46. The summed E-state index contributed by atoms with van der Waals surface area (Å²) in [6, 6.07) is 6.01. The summed E-state index contributed by atoms with van der Waals surface area (Å²) in [6.45, 7) is 1.81. The Morgan fingerprint density at radius 3 is 2.88 bits per heavy atom. The molecule has 0 atom stereocenters. The SMILES string of the molecule is CCOC(=O)c1cnc2cc(/C=C/c3ccc([N+](=O)[O-])o3)ccn2c1=O. The predicted octanol–water partition coefficient (Wildman–Crippen LogP) is 2.54. The molecule has 26 heavy (non-hydrogen) atoms. The van der Waals surface area contributed by atoms with E-state index in [9.17, 15) is 19.7 Å². The van der Waals surface area contributed by atoms with Crippen molar-refractivity contribution in [2.24, 2.45) is 0 Å². The van der Waals surface area contributed by atoms with Crippen molar-refractivity contribution in [3.63, 3.8) is 0 Å². The Balaban J connectivity index is 1.90. The fourth-order valence-electron chi connectivity index (χ4n) is 2.25. The molecule has 132 valence electrons. The minimum absolute atomic E-state index is 0.143. The average Bonchev–Trinajstić information content (AvgIpc) is 3.09. The van der Waals surface area contributed by atoms with E-state index < -0.39 is 16.5 Å². The van der Waals surface area contributed by atoms with Crippen LogP contribution in [0.5, 0.6) is 0 Å². The molecule has 0 aromatic carbocycles. The number of rotatable bonds is 5. The van der Waals surface area contributed by atoms with Crippen LogP contribution >= 0.6 is 0 Å². The molecule has 9 heteroatoms. The molecule has 3 aromatic rings. The second-order valence-electron chi connectivity index (χ2n) is 5.15. The van der Waals surface area contributed by atoms with Crippen molar-refractivity contribution < 1.29 is 18.9 Å². The molecule has 0 bridgehead atoms. The van der Waals surface area contributed by atoms with Crippen LogP contribution in [0.1, 0.15) is 28.6 Å². The van der Waals surface area contributed by atoms with Gasteiger partial charge in [-0.1, -0.05) is 6.08 Å². The normalized spacial score (nSPS) is 11.1. The molecule has 0 amide bonds. The molecule has 0 aliphatic carbocycles. The van der Waals surface area contributed by atoms with Gasteiger partial charge in [-0.3, -0.25) is 19.3 Å². The number of carbonyl (C=O) groups is 1. The van der Waals surface area contributed by atoms with Gasteiger partial charge in [0, 0.05) is 12.4 Å². The van der Waals surface area contributed by atoms with Gasteiger partial charge in [0.15, 0.2) is 0 Å². The Morgan fingerprint density at radius 2 is 2.19 bits per heavy atom. The number of hydrogen-bond donors (Lipinski definition) is 0. The van der Waals surface area contributed by atoms with Gasteiger partial charge in [-0.15, -0.1) is 0 Å². The van der Waals surface area contributed by atoms with Gasteiger partial charge in [0.25, 0.3) is 5.56 Å². The molecule has 0 aliphatic rings. The minimum Gasteiger partial charge on any atom is -0.462 e. The average molecular weight is 355 g/mol. The summed E-state index contributed by atoms with van der Waals surface area (Å²) in [7, 11) is 0. The quantitative estimate of drug-likeness (QED) is 0.392. The van der Waals surface area contributed by atoms with Gasteiger partial charge >= 0.3 is 11.9 Å². The van der Waals surface area contributed by atoms with E-state index in [0.29, 0.717) is 17.0 Å². The van der Waals surface area contributed by atoms with E-state index in [-0.39, 0.29) is 18.1 Å². The zero-order chi connectivity index (χ0) is 18.7. The summed E-state index contributed by atoms with van der Waals surface area (Å²) in [4.78, 5) is 38.1. The highest BCUT2D eigenvalue weighted by atomic mass is 16.6. The van der Waals surface area contributed by atoms with E-state index in [1.807, 2.05) is 0 Å². The zero-order valence-corrected chi connectivity index (χ0v) is 13.6. The third-order valence-electron chi connectivity index (χ3n) is 3.46. The molecule has 0 saturated carbocycles. The largest absolute Gasteiger partial charge is 0.462 e. The summed E-state index contributed by atoms with van der Waals surface area (Å²) < 4.78 is 11.1. The first-order chi connectivity index (χ1) is 12.5. The fourth-order valence-corrected chi connectivity index (χ4v) is 2.25. The van der Waals surface area contributed by atoms with Crippen molar-refractivity contribution >= 4 is 29.7 Å². The number of carbonyl (C=O) groups excluding carboxylic acids is 1. The Hall–Kier alpha value is -3.75. The number of nitrogens with zero attached hydrogens (tertiary/aromatic N) is 3. The molecule has 0 fully saturated rings. The van der Waals surface area contributed by atoms with Crippen molar-refractivity contribution in [2.45, 2.75) is 6.92 Å². The molecule has 3 aromatic heterocycles. The second kappa shape index (κ2) is 7.01. The summed E-state index contributed by atoms with van der Waals surface area (Å²) >= 11 is 0. The zero-order valence-electron chi connectivity index (χ0n) is 13.6. The van der Waals surface area contributed by atoms with Crippen LogP contribution in [0.2, 0.25) is 0 Å². The highest BCUT2D eigenvalue weighted by Crippen LogP contribution is 2.18. The topological polar surface area (TPSA) is 117 Å². The predicted molar refractivity (Wildman–Crippen MR) is 91.7 cm³/mol. The lowest BCUT2D eigenvalue weighted by Crippen LogP contribution is -2.24. The van der Waals surface area contributed by atoms with Crippen LogP contribution in [0.3, 0.4) is 0 Å². The lowest BCUT2D eigenvalue weighted by molar-refractivity contribution is -0.402. The van der Waals surface area contributed by atoms with Crippen LogP contribution in [0, 0.1) is 10.1 Å². The fraction of sp³-hybridized carbons (Fsp3) is 0.118. The highest BCUT2D eigenvalue weighted by Gasteiger charge is 2.14.